The molecule has 0 radical (unpaired) electrons. The second kappa shape index (κ2) is 7.81. The third-order valence-corrected chi connectivity index (χ3v) is 6.16. The molecule has 29 heavy (non-hydrogen) atoms. The Hall–Kier alpha value is -2.36. The zero-order valence-corrected chi connectivity index (χ0v) is 18.1. The van der Waals surface area contributed by atoms with Crippen molar-refractivity contribution in [1.29, 1.82) is 0 Å². The standard InChI is InChI=1S/C20H26N4O4S/c1-11-9-23(10-12(2)28-11)17(14-6-7-15(26-4)16(8-14)27-5)18-19(25)24-20(29-18)21-13(3)22-24/h6-8,11-12,17,25H,9-10H2,1-5H3/t11-,12+,17-/m0/s1. The van der Waals surface area contributed by atoms with Gasteiger partial charge in [-0.25, -0.2) is 4.98 Å². The molecule has 9 heteroatoms. The number of morpholine rings is 1. The van der Waals surface area contributed by atoms with Crippen molar-refractivity contribution in [3.05, 3.63) is 34.5 Å². The van der Waals surface area contributed by atoms with Crippen molar-refractivity contribution in [1.82, 2.24) is 19.5 Å². The molecular weight excluding hydrogens is 392 g/mol. The van der Waals surface area contributed by atoms with E-state index in [-0.39, 0.29) is 24.1 Å². The molecule has 0 saturated carbocycles. The highest BCUT2D eigenvalue weighted by molar-refractivity contribution is 7.17. The van der Waals surface area contributed by atoms with Crippen molar-refractivity contribution < 1.29 is 19.3 Å². The maximum atomic E-state index is 11.0. The predicted octanol–water partition coefficient (Wildman–Crippen LogP) is 3.02. The fourth-order valence-electron chi connectivity index (χ4n) is 4.01. The number of nitrogens with zero attached hydrogens (tertiary/aromatic N) is 4. The molecule has 8 nitrogen and oxygen atoms in total. The average Bonchev–Trinajstić information content (AvgIpc) is 3.18. The number of hydrogen-bond acceptors (Lipinski definition) is 8. The first-order valence-corrected chi connectivity index (χ1v) is 10.4. The summed E-state index contributed by atoms with van der Waals surface area (Å²) < 4.78 is 18.4. The van der Waals surface area contributed by atoms with Gasteiger partial charge in [0.1, 0.15) is 5.82 Å². The lowest BCUT2D eigenvalue weighted by Gasteiger charge is -2.40. The molecule has 0 spiro atoms. The van der Waals surface area contributed by atoms with E-state index in [9.17, 15) is 5.11 Å². The van der Waals surface area contributed by atoms with Crippen LogP contribution in [0.5, 0.6) is 17.4 Å². The summed E-state index contributed by atoms with van der Waals surface area (Å²) in [6, 6.07) is 5.69. The summed E-state index contributed by atoms with van der Waals surface area (Å²) in [5.74, 6) is 2.08. The molecule has 1 aromatic carbocycles. The van der Waals surface area contributed by atoms with E-state index < -0.39 is 0 Å². The summed E-state index contributed by atoms with van der Waals surface area (Å²) in [4.78, 5) is 8.24. The minimum atomic E-state index is -0.183. The Labute approximate surface area is 173 Å². The number of aromatic hydroxyl groups is 1. The Balaban J connectivity index is 1.85. The molecule has 3 aromatic rings. The molecule has 3 heterocycles. The highest BCUT2D eigenvalue weighted by atomic mass is 32.1. The molecule has 1 fully saturated rings. The Morgan fingerprint density at radius 1 is 1.17 bits per heavy atom. The summed E-state index contributed by atoms with van der Waals surface area (Å²) in [5.41, 5.74) is 1.00. The van der Waals surface area contributed by atoms with Crippen molar-refractivity contribution in [2.75, 3.05) is 27.3 Å². The third kappa shape index (κ3) is 3.65. The molecular formula is C20H26N4O4S. The van der Waals surface area contributed by atoms with Gasteiger partial charge >= 0.3 is 0 Å². The maximum absolute atomic E-state index is 11.0. The van der Waals surface area contributed by atoms with Crippen LogP contribution >= 0.6 is 11.3 Å². The van der Waals surface area contributed by atoms with Gasteiger partial charge in [0.25, 0.3) is 0 Å². The number of methoxy groups -OCH3 is 2. The molecule has 1 saturated heterocycles. The summed E-state index contributed by atoms with van der Waals surface area (Å²) in [6.45, 7) is 7.45. The van der Waals surface area contributed by atoms with Crippen LogP contribution in [0.25, 0.3) is 4.96 Å². The van der Waals surface area contributed by atoms with E-state index in [1.54, 1.807) is 14.2 Å². The van der Waals surface area contributed by atoms with E-state index in [2.05, 4.69) is 28.8 Å². The molecule has 0 amide bonds. The molecule has 2 aromatic heterocycles. The number of fused-ring (bicyclic) bond motifs is 1. The number of benzene rings is 1. The molecule has 4 rings (SSSR count). The van der Waals surface area contributed by atoms with E-state index in [1.807, 2.05) is 25.1 Å². The SMILES string of the molecule is COc1ccc([C@@H](c2sc3nc(C)nn3c2O)N2C[C@@H](C)O[C@@H](C)C2)cc1OC. The summed E-state index contributed by atoms with van der Waals surface area (Å²) in [6.07, 6.45) is 0.181. The van der Waals surface area contributed by atoms with Gasteiger partial charge in [0.2, 0.25) is 10.8 Å². The van der Waals surface area contributed by atoms with Gasteiger partial charge in [-0.2, -0.15) is 4.52 Å². The van der Waals surface area contributed by atoms with Gasteiger partial charge in [-0.1, -0.05) is 17.4 Å². The summed E-state index contributed by atoms with van der Waals surface area (Å²) in [5, 5.41) is 15.3. The van der Waals surface area contributed by atoms with Crippen LogP contribution in [0.3, 0.4) is 0 Å². The van der Waals surface area contributed by atoms with Gasteiger partial charge in [0, 0.05) is 13.1 Å². The highest BCUT2D eigenvalue weighted by Gasteiger charge is 2.34. The van der Waals surface area contributed by atoms with Gasteiger partial charge in [-0.3, -0.25) is 4.90 Å². The van der Waals surface area contributed by atoms with Crippen molar-refractivity contribution in [2.24, 2.45) is 0 Å². The Morgan fingerprint density at radius 2 is 1.86 bits per heavy atom. The lowest BCUT2D eigenvalue weighted by molar-refractivity contribution is -0.0764. The number of ether oxygens (including phenoxy) is 3. The number of aromatic nitrogens is 3. The monoisotopic (exact) mass is 418 g/mol. The molecule has 0 aliphatic carbocycles. The average molecular weight is 419 g/mol. The van der Waals surface area contributed by atoms with Gasteiger partial charge < -0.3 is 19.3 Å². The predicted molar refractivity (Wildman–Crippen MR) is 110 cm³/mol. The van der Waals surface area contributed by atoms with Gasteiger partial charge in [-0.15, -0.1) is 5.10 Å². The zero-order valence-electron chi connectivity index (χ0n) is 17.2. The molecule has 0 bridgehead atoms. The van der Waals surface area contributed by atoms with Gasteiger partial charge in [0.05, 0.1) is 37.3 Å². The van der Waals surface area contributed by atoms with Gasteiger partial charge in [-0.05, 0) is 38.5 Å². The van der Waals surface area contributed by atoms with Crippen LogP contribution in [-0.2, 0) is 4.74 Å². The largest absolute Gasteiger partial charge is 0.493 e. The van der Waals surface area contributed by atoms with Crippen molar-refractivity contribution in [2.45, 2.75) is 39.0 Å². The third-order valence-electron chi connectivity index (χ3n) is 5.09. The number of thiazole rings is 1. The number of rotatable bonds is 5. The van der Waals surface area contributed by atoms with E-state index in [4.69, 9.17) is 14.2 Å². The Bertz CT molecular complexity index is 1010. The summed E-state index contributed by atoms with van der Waals surface area (Å²) in [7, 11) is 3.24. The second-order valence-corrected chi connectivity index (χ2v) is 8.38. The number of hydrogen-bond donors (Lipinski definition) is 1. The molecule has 3 atom stereocenters. The summed E-state index contributed by atoms with van der Waals surface area (Å²) >= 11 is 1.45. The van der Waals surface area contributed by atoms with Crippen LogP contribution in [0.1, 0.15) is 36.2 Å². The molecule has 1 aliphatic rings. The molecule has 156 valence electrons. The first-order chi connectivity index (χ1) is 13.9. The zero-order chi connectivity index (χ0) is 20.7. The van der Waals surface area contributed by atoms with E-state index in [1.165, 1.54) is 15.9 Å². The maximum Gasteiger partial charge on any atom is 0.230 e. The molecule has 0 unspecified atom stereocenters. The van der Waals surface area contributed by atoms with Crippen molar-refractivity contribution >= 4 is 16.3 Å². The van der Waals surface area contributed by atoms with E-state index in [0.29, 0.717) is 22.3 Å². The Morgan fingerprint density at radius 3 is 2.48 bits per heavy atom. The topological polar surface area (TPSA) is 81.4 Å². The van der Waals surface area contributed by atoms with Crippen molar-refractivity contribution in [3.8, 4) is 17.4 Å². The first kappa shape index (κ1) is 19.9. The minimum absolute atomic E-state index is 0.0907. The van der Waals surface area contributed by atoms with Crippen LogP contribution in [0.4, 0.5) is 0 Å². The lowest BCUT2D eigenvalue weighted by Crippen LogP contribution is -2.47. The van der Waals surface area contributed by atoms with Crippen LogP contribution < -0.4 is 9.47 Å². The highest BCUT2D eigenvalue weighted by Crippen LogP contribution is 2.42. The van der Waals surface area contributed by atoms with E-state index >= 15 is 0 Å². The fraction of sp³-hybridized carbons (Fsp3) is 0.500. The van der Waals surface area contributed by atoms with Crippen LogP contribution in [-0.4, -0.2) is 64.1 Å². The second-order valence-electron chi connectivity index (χ2n) is 7.37. The number of aryl methyl sites for hydroxylation is 1. The smallest absolute Gasteiger partial charge is 0.230 e. The molecule has 1 aliphatic heterocycles. The Kier molecular flexibility index (Phi) is 5.37. The van der Waals surface area contributed by atoms with E-state index in [0.717, 1.165) is 23.5 Å². The van der Waals surface area contributed by atoms with Crippen LogP contribution in [0.2, 0.25) is 0 Å². The first-order valence-electron chi connectivity index (χ1n) is 9.57. The molecule has 1 N–H and O–H groups in total. The van der Waals surface area contributed by atoms with Gasteiger partial charge in [0.15, 0.2) is 11.5 Å². The van der Waals surface area contributed by atoms with Crippen LogP contribution in [0.15, 0.2) is 18.2 Å². The minimum Gasteiger partial charge on any atom is -0.493 e. The quantitative estimate of drug-likeness (QED) is 0.682. The fourth-order valence-corrected chi connectivity index (χ4v) is 5.17. The van der Waals surface area contributed by atoms with Crippen molar-refractivity contribution in [3.63, 3.8) is 0 Å². The lowest BCUT2D eigenvalue weighted by atomic mass is 10.0. The normalized spacial score (nSPS) is 21.4. The van der Waals surface area contributed by atoms with Crippen LogP contribution in [0, 0.1) is 6.92 Å².